The van der Waals surface area contributed by atoms with Gasteiger partial charge in [0.25, 0.3) is 0 Å². The second-order valence-corrected chi connectivity index (χ2v) is 13.2. The van der Waals surface area contributed by atoms with Crippen molar-refractivity contribution >= 4 is 56.9 Å². The number of rotatable bonds is 5. The third-order valence-corrected chi connectivity index (χ3v) is 10.9. The molecule has 1 aromatic heterocycles. The topological polar surface area (TPSA) is 13.1 Å². The predicted octanol–water partition coefficient (Wildman–Crippen LogP) is 8.59. The van der Waals surface area contributed by atoms with Gasteiger partial charge in [-0.25, -0.2) is 0 Å². The zero-order valence-corrected chi connectivity index (χ0v) is 24.0. The molecule has 2 heteroatoms. The molecule has 0 aliphatic heterocycles. The minimum atomic E-state index is -1.13. The SMILES string of the molecule is c1ccc([Si](c2ccccc2)c2ccc(-c3c4ccccc4c(-c4cc5ccccc5o4)c4ccccc34)cc2)cc1. The first-order valence-corrected chi connectivity index (χ1v) is 15.9. The Morgan fingerprint density at radius 1 is 0.381 bits per heavy atom. The molecule has 1 heterocycles. The second-order valence-electron chi connectivity index (χ2n) is 10.7. The Labute approximate surface area is 246 Å². The lowest BCUT2D eigenvalue weighted by Crippen LogP contribution is -2.51. The summed E-state index contributed by atoms with van der Waals surface area (Å²) in [5.41, 5.74) is 4.55. The second kappa shape index (κ2) is 10.3. The van der Waals surface area contributed by atoms with Crippen molar-refractivity contribution in [3.63, 3.8) is 0 Å². The summed E-state index contributed by atoms with van der Waals surface area (Å²) in [5.74, 6) is 0.906. The molecule has 0 unspecified atom stereocenters. The van der Waals surface area contributed by atoms with Crippen LogP contribution in [0, 0.1) is 0 Å². The Hall–Kier alpha value is -5.18. The van der Waals surface area contributed by atoms with Crippen molar-refractivity contribution in [1.29, 1.82) is 0 Å². The van der Waals surface area contributed by atoms with Gasteiger partial charge in [0, 0.05) is 10.9 Å². The molecule has 0 fully saturated rings. The Morgan fingerprint density at radius 3 is 1.38 bits per heavy atom. The lowest BCUT2D eigenvalue weighted by atomic mass is 9.87. The Bertz CT molecular complexity index is 2050. The van der Waals surface area contributed by atoms with Crippen molar-refractivity contribution in [2.24, 2.45) is 0 Å². The number of hydrogen-bond donors (Lipinski definition) is 0. The van der Waals surface area contributed by atoms with Crippen molar-refractivity contribution in [3.05, 3.63) is 164 Å². The fraction of sp³-hybridized carbons (Fsp3) is 0. The molecule has 42 heavy (non-hydrogen) atoms. The van der Waals surface area contributed by atoms with Crippen LogP contribution < -0.4 is 15.6 Å². The van der Waals surface area contributed by atoms with Gasteiger partial charge in [0.05, 0.1) is 0 Å². The van der Waals surface area contributed by atoms with Crippen LogP contribution in [0.3, 0.4) is 0 Å². The molecule has 0 aliphatic carbocycles. The summed E-state index contributed by atoms with van der Waals surface area (Å²) >= 11 is 0. The van der Waals surface area contributed by atoms with Crippen molar-refractivity contribution in [3.8, 4) is 22.5 Å². The van der Waals surface area contributed by atoms with Crippen LogP contribution in [-0.2, 0) is 0 Å². The molecule has 0 aliphatic rings. The summed E-state index contributed by atoms with van der Waals surface area (Å²) in [6.07, 6.45) is 0. The van der Waals surface area contributed by atoms with E-state index in [-0.39, 0.29) is 0 Å². The molecule has 0 amide bonds. The zero-order valence-electron chi connectivity index (χ0n) is 23.0. The van der Waals surface area contributed by atoms with Gasteiger partial charge >= 0.3 is 0 Å². The van der Waals surface area contributed by atoms with Gasteiger partial charge in [-0.15, -0.1) is 0 Å². The van der Waals surface area contributed by atoms with Crippen LogP contribution >= 0.6 is 0 Å². The van der Waals surface area contributed by atoms with Gasteiger partial charge in [0.2, 0.25) is 0 Å². The maximum atomic E-state index is 6.45. The fourth-order valence-corrected chi connectivity index (χ4v) is 8.87. The van der Waals surface area contributed by atoms with Gasteiger partial charge in [-0.1, -0.05) is 167 Å². The summed E-state index contributed by atoms with van der Waals surface area (Å²) in [6, 6.07) is 59.2. The summed E-state index contributed by atoms with van der Waals surface area (Å²) < 4.78 is 6.45. The Kier molecular flexibility index (Phi) is 6.05. The number of para-hydroxylation sites is 1. The zero-order chi connectivity index (χ0) is 27.9. The Morgan fingerprint density at radius 2 is 0.833 bits per heavy atom. The van der Waals surface area contributed by atoms with Crippen LogP contribution in [0.1, 0.15) is 0 Å². The molecule has 0 spiro atoms. The van der Waals surface area contributed by atoms with Gasteiger partial charge in [-0.2, -0.15) is 0 Å². The first kappa shape index (κ1) is 24.6. The molecule has 1 radical (unpaired) electrons. The third kappa shape index (κ3) is 4.16. The molecule has 1 nitrogen and oxygen atoms in total. The molecule has 0 bridgehead atoms. The summed E-state index contributed by atoms with van der Waals surface area (Å²) in [5, 5.41) is 10.2. The van der Waals surface area contributed by atoms with Crippen molar-refractivity contribution < 1.29 is 4.42 Å². The standard InChI is InChI=1S/C40H27OSi/c1-3-14-30(15-4-1)42(31-16-5-2-6-17-31)32-25-23-28(24-26-32)39-33-18-8-10-20-35(33)40(36-21-11-9-19-34(36)39)38-27-29-13-7-12-22-37(29)41-38/h1-27H. The van der Waals surface area contributed by atoms with Gasteiger partial charge in [0.1, 0.15) is 11.3 Å². The van der Waals surface area contributed by atoms with Gasteiger partial charge < -0.3 is 4.42 Å². The average Bonchev–Trinajstić information content (AvgIpc) is 3.49. The number of hydrogen-bond acceptors (Lipinski definition) is 1. The summed E-state index contributed by atoms with van der Waals surface area (Å²) in [6.45, 7) is 0. The van der Waals surface area contributed by atoms with Crippen LogP contribution in [0.5, 0.6) is 0 Å². The average molecular weight is 552 g/mol. The Balaban J connectivity index is 1.33. The van der Waals surface area contributed by atoms with Crippen molar-refractivity contribution in [1.82, 2.24) is 0 Å². The quantitative estimate of drug-likeness (QED) is 0.119. The van der Waals surface area contributed by atoms with Gasteiger partial charge in [-0.3, -0.25) is 0 Å². The van der Waals surface area contributed by atoms with E-state index in [1.54, 1.807) is 0 Å². The minimum absolute atomic E-state index is 0.906. The molecule has 0 atom stereocenters. The predicted molar refractivity (Wildman–Crippen MR) is 180 cm³/mol. The maximum Gasteiger partial charge on any atom is 0.154 e. The molecule has 0 N–H and O–H groups in total. The third-order valence-electron chi connectivity index (χ3n) is 8.19. The summed E-state index contributed by atoms with van der Waals surface area (Å²) in [4.78, 5) is 0. The number of benzene rings is 7. The highest BCUT2D eigenvalue weighted by Gasteiger charge is 2.21. The van der Waals surface area contributed by atoms with E-state index in [0.29, 0.717) is 0 Å². The van der Waals surface area contributed by atoms with Crippen LogP contribution in [0.4, 0.5) is 0 Å². The summed E-state index contributed by atoms with van der Waals surface area (Å²) in [7, 11) is -1.13. The molecule has 8 rings (SSSR count). The van der Waals surface area contributed by atoms with Crippen molar-refractivity contribution in [2.45, 2.75) is 0 Å². The van der Waals surface area contributed by atoms with E-state index in [9.17, 15) is 0 Å². The molecule has 0 saturated heterocycles. The van der Waals surface area contributed by atoms with Crippen molar-refractivity contribution in [2.75, 3.05) is 0 Å². The van der Waals surface area contributed by atoms with Crippen LogP contribution in [-0.4, -0.2) is 8.80 Å². The van der Waals surface area contributed by atoms with E-state index in [1.807, 2.05) is 12.1 Å². The molecular formula is C40H27OSi. The largest absolute Gasteiger partial charge is 0.456 e. The number of furan rings is 1. The molecular weight excluding hydrogens is 525 g/mol. The van der Waals surface area contributed by atoms with Gasteiger partial charge in [0.15, 0.2) is 8.80 Å². The monoisotopic (exact) mass is 551 g/mol. The van der Waals surface area contributed by atoms with E-state index in [4.69, 9.17) is 4.42 Å². The van der Waals surface area contributed by atoms with E-state index >= 15 is 0 Å². The van der Waals surface area contributed by atoms with Crippen LogP contribution in [0.2, 0.25) is 0 Å². The van der Waals surface area contributed by atoms with E-state index in [0.717, 1.165) is 22.3 Å². The van der Waals surface area contributed by atoms with E-state index in [2.05, 4.69) is 152 Å². The maximum absolute atomic E-state index is 6.45. The van der Waals surface area contributed by atoms with E-state index in [1.165, 1.54) is 48.2 Å². The molecule has 7 aromatic carbocycles. The molecule has 0 saturated carbocycles. The highest BCUT2D eigenvalue weighted by molar-refractivity contribution is 6.95. The molecule has 8 aromatic rings. The van der Waals surface area contributed by atoms with Crippen LogP contribution in [0.25, 0.3) is 55.0 Å². The van der Waals surface area contributed by atoms with E-state index < -0.39 is 8.80 Å². The highest BCUT2D eigenvalue weighted by atomic mass is 28.3. The van der Waals surface area contributed by atoms with Gasteiger partial charge in [-0.05, 0) is 44.8 Å². The minimum Gasteiger partial charge on any atom is -0.456 e. The normalized spacial score (nSPS) is 11.5. The smallest absolute Gasteiger partial charge is 0.154 e. The highest BCUT2D eigenvalue weighted by Crippen LogP contribution is 2.44. The molecule has 197 valence electrons. The first-order chi connectivity index (χ1) is 20.8. The fourth-order valence-electron chi connectivity index (χ4n) is 6.32. The lowest BCUT2D eigenvalue weighted by Gasteiger charge is -2.19. The first-order valence-electron chi connectivity index (χ1n) is 14.4. The lowest BCUT2D eigenvalue weighted by molar-refractivity contribution is 0.633. The van der Waals surface area contributed by atoms with Crippen LogP contribution in [0.15, 0.2) is 168 Å². The number of fused-ring (bicyclic) bond motifs is 3.